The molecule has 5 nitrogen and oxygen atoms in total. The van der Waals surface area contributed by atoms with Crippen molar-refractivity contribution >= 4 is 17.5 Å². The second-order valence-electron chi connectivity index (χ2n) is 5.73. The highest BCUT2D eigenvalue weighted by atomic mass is 35.5. The molecule has 0 radical (unpaired) electrons. The van der Waals surface area contributed by atoms with E-state index in [-0.39, 0.29) is 12.4 Å². The van der Waals surface area contributed by atoms with E-state index < -0.39 is 17.6 Å². The number of nitrogens with one attached hydrogen (secondary N) is 1. The molecule has 0 spiro atoms. The molecule has 0 fully saturated rings. The van der Waals surface area contributed by atoms with Gasteiger partial charge in [0.25, 0.3) is 5.91 Å². The number of hydrogen-bond donors (Lipinski definition) is 1. The molecule has 1 aromatic heterocycles. The van der Waals surface area contributed by atoms with Crippen LogP contribution in [0.1, 0.15) is 27.6 Å². The van der Waals surface area contributed by atoms with Crippen molar-refractivity contribution in [3.63, 3.8) is 0 Å². The maximum Gasteiger partial charge on any atom is 0.416 e. The molecule has 27 heavy (non-hydrogen) atoms. The Balaban J connectivity index is 1.75. The van der Waals surface area contributed by atoms with E-state index in [1.54, 1.807) is 31.2 Å². The third kappa shape index (κ3) is 4.28. The zero-order valence-electron chi connectivity index (χ0n) is 14.1. The Kier molecular flexibility index (Phi) is 5.18. The SMILES string of the molecule is Cc1nc(C(=O)NCc2cccc(C(F)(F)F)c2)nn1-c1ccccc1Cl. The molecule has 0 saturated carbocycles. The molecule has 140 valence electrons. The molecular weight excluding hydrogens is 381 g/mol. The topological polar surface area (TPSA) is 59.8 Å². The van der Waals surface area contributed by atoms with Crippen LogP contribution in [0, 0.1) is 6.92 Å². The van der Waals surface area contributed by atoms with Gasteiger partial charge in [-0.25, -0.2) is 9.67 Å². The van der Waals surface area contributed by atoms with E-state index in [2.05, 4.69) is 15.4 Å². The molecule has 1 heterocycles. The van der Waals surface area contributed by atoms with Gasteiger partial charge in [-0.15, -0.1) is 5.10 Å². The Labute approximate surface area is 157 Å². The lowest BCUT2D eigenvalue weighted by atomic mass is 10.1. The Bertz CT molecular complexity index is 985. The highest BCUT2D eigenvalue weighted by Gasteiger charge is 2.30. The van der Waals surface area contributed by atoms with Crippen molar-refractivity contribution in [2.75, 3.05) is 0 Å². The van der Waals surface area contributed by atoms with Gasteiger partial charge in [0.05, 0.1) is 16.3 Å². The number of nitrogens with zero attached hydrogens (tertiary/aromatic N) is 3. The predicted octanol–water partition coefficient (Wildman–Crippen LogP) is 4.18. The average Bonchev–Trinajstić information content (AvgIpc) is 3.01. The summed E-state index contributed by atoms with van der Waals surface area (Å²) in [5.74, 6) is -0.243. The van der Waals surface area contributed by atoms with E-state index in [4.69, 9.17) is 11.6 Å². The summed E-state index contributed by atoms with van der Waals surface area (Å²) in [6, 6.07) is 11.7. The van der Waals surface area contributed by atoms with Crippen LogP contribution in [0.15, 0.2) is 48.5 Å². The van der Waals surface area contributed by atoms with Crippen molar-refractivity contribution in [1.82, 2.24) is 20.1 Å². The second kappa shape index (κ2) is 7.40. The van der Waals surface area contributed by atoms with Crippen LogP contribution >= 0.6 is 11.6 Å². The first-order chi connectivity index (χ1) is 12.8. The number of amides is 1. The second-order valence-corrected chi connectivity index (χ2v) is 6.13. The molecule has 0 atom stereocenters. The minimum Gasteiger partial charge on any atom is -0.345 e. The van der Waals surface area contributed by atoms with Crippen molar-refractivity contribution in [3.8, 4) is 5.69 Å². The third-order valence-electron chi connectivity index (χ3n) is 3.76. The molecule has 3 aromatic rings. The van der Waals surface area contributed by atoms with Crippen LogP contribution < -0.4 is 5.32 Å². The van der Waals surface area contributed by atoms with E-state index in [9.17, 15) is 18.0 Å². The summed E-state index contributed by atoms with van der Waals surface area (Å²) < 4.78 is 39.7. The van der Waals surface area contributed by atoms with Crippen LogP contribution in [0.4, 0.5) is 13.2 Å². The molecule has 1 N–H and O–H groups in total. The minimum atomic E-state index is -4.44. The Morgan fingerprint density at radius 1 is 1.19 bits per heavy atom. The van der Waals surface area contributed by atoms with E-state index >= 15 is 0 Å². The first-order valence-electron chi connectivity index (χ1n) is 7.88. The predicted molar refractivity (Wildman–Crippen MR) is 93.7 cm³/mol. The van der Waals surface area contributed by atoms with Gasteiger partial charge in [-0.05, 0) is 36.8 Å². The maximum atomic E-state index is 12.8. The standard InChI is InChI=1S/C18H14ClF3N4O/c1-11-24-16(25-26(11)15-8-3-2-7-14(15)19)17(27)23-10-12-5-4-6-13(9-12)18(20,21)22/h2-9H,10H2,1H3,(H,23,27). The molecule has 0 aliphatic heterocycles. The number of aromatic nitrogens is 3. The van der Waals surface area contributed by atoms with Gasteiger partial charge in [-0.1, -0.05) is 35.9 Å². The highest BCUT2D eigenvalue weighted by Crippen LogP contribution is 2.29. The molecule has 1 amide bonds. The van der Waals surface area contributed by atoms with Gasteiger partial charge >= 0.3 is 6.18 Å². The molecule has 9 heteroatoms. The van der Waals surface area contributed by atoms with Gasteiger partial charge in [-0.3, -0.25) is 4.79 Å². The van der Waals surface area contributed by atoms with Crippen molar-refractivity contribution in [2.24, 2.45) is 0 Å². The minimum absolute atomic E-state index is 0.0809. The van der Waals surface area contributed by atoms with Gasteiger partial charge in [0.15, 0.2) is 0 Å². The molecule has 0 saturated heterocycles. The molecular formula is C18H14ClF3N4O. The Morgan fingerprint density at radius 2 is 1.93 bits per heavy atom. The normalized spacial score (nSPS) is 11.4. The number of hydrogen-bond acceptors (Lipinski definition) is 3. The lowest BCUT2D eigenvalue weighted by molar-refractivity contribution is -0.137. The Morgan fingerprint density at radius 3 is 2.63 bits per heavy atom. The van der Waals surface area contributed by atoms with E-state index in [1.807, 2.05) is 0 Å². The van der Waals surface area contributed by atoms with Crippen LogP contribution in [0.3, 0.4) is 0 Å². The number of carbonyl (C=O) groups is 1. The maximum absolute atomic E-state index is 12.8. The Hall–Kier alpha value is -2.87. The van der Waals surface area contributed by atoms with Gasteiger partial charge < -0.3 is 5.32 Å². The largest absolute Gasteiger partial charge is 0.416 e. The van der Waals surface area contributed by atoms with Crippen LogP contribution in [0.25, 0.3) is 5.69 Å². The fourth-order valence-electron chi connectivity index (χ4n) is 2.46. The summed E-state index contributed by atoms with van der Waals surface area (Å²) >= 11 is 6.13. The van der Waals surface area contributed by atoms with Gasteiger partial charge in [0.2, 0.25) is 5.82 Å². The number of carbonyl (C=O) groups excluding carboxylic acids is 1. The van der Waals surface area contributed by atoms with Crippen molar-refractivity contribution < 1.29 is 18.0 Å². The van der Waals surface area contributed by atoms with Gasteiger partial charge in [0.1, 0.15) is 5.82 Å². The monoisotopic (exact) mass is 394 g/mol. The molecule has 2 aromatic carbocycles. The molecule has 0 unspecified atom stereocenters. The van der Waals surface area contributed by atoms with Crippen LogP contribution in [-0.2, 0) is 12.7 Å². The first-order valence-corrected chi connectivity index (χ1v) is 8.26. The zero-order chi connectivity index (χ0) is 19.6. The average molecular weight is 395 g/mol. The first kappa shape index (κ1) is 18.9. The number of rotatable bonds is 4. The number of benzene rings is 2. The number of alkyl halides is 3. The summed E-state index contributed by atoms with van der Waals surface area (Å²) in [6.07, 6.45) is -4.44. The molecule has 0 aliphatic carbocycles. The highest BCUT2D eigenvalue weighted by molar-refractivity contribution is 6.32. The number of para-hydroxylation sites is 1. The van der Waals surface area contributed by atoms with E-state index in [0.29, 0.717) is 22.1 Å². The summed E-state index contributed by atoms with van der Waals surface area (Å²) in [6.45, 7) is 1.59. The van der Waals surface area contributed by atoms with Gasteiger partial charge in [0, 0.05) is 6.54 Å². The number of halogens is 4. The quantitative estimate of drug-likeness (QED) is 0.722. The van der Waals surface area contributed by atoms with Gasteiger partial charge in [-0.2, -0.15) is 13.2 Å². The summed E-state index contributed by atoms with van der Waals surface area (Å²) in [5, 5.41) is 7.11. The fourth-order valence-corrected chi connectivity index (χ4v) is 2.67. The summed E-state index contributed by atoms with van der Waals surface area (Å²) in [7, 11) is 0. The van der Waals surface area contributed by atoms with E-state index in [0.717, 1.165) is 12.1 Å². The molecule has 0 bridgehead atoms. The summed E-state index contributed by atoms with van der Waals surface area (Å²) in [4.78, 5) is 16.4. The number of aryl methyl sites for hydroxylation is 1. The van der Waals surface area contributed by atoms with Crippen molar-refractivity contribution in [1.29, 1.82) is 0 Å². The zero-order valence-corrected chi connectivity index (χ0v) is 14.8. The fraction of sp³-hybridized carbons (Fsp3) is 0.167. The molecule has 0 aliphatic rings. The lowest BCUT2D eigenvalue weighted by Crippen LogP contribution is -2.24. The van der Waals surface area contributed by atoms with Crippen molar-refractivity contribution in [3.05, 3.63) is 76.3 Å². The van der Waals surface area contributed by atoms with Crippen molar-refractivity contribution in [2.45, 2.75) is 19.6 Å². The summed E-state index contributed by atoms with van der Waals surface area (Å²) in [5.41, 5.74) is 0.118. The van der Waals surface area contributed by atoms with Crippen LogP contribution in [-0.4, -0.2) is 20.7 Å². The lowest BCUT2D eigenvalue weighted by Gasteiger charge is -2.09. The van der Waals surface area contributed by atoms with E-state index in [1.165, 1.54) is 16.8 Å². The smallest absolute Gasteiger partial charge is 0.345 e. The van der Waals surface area contributed by atoms with Crippen LogP contribution in [0.5, 0.6) is 0 Å². The molecule has 3 rings (SSSR count). The third-order valence-corrected chi connectivity index (χ3v) is 4.08. The van der Waals surface area contributed by atoms with Crippen LogP contribution in [0.2, 0.25) is 5.02 Å².